The van der Waals surface area contributed by atoms with Crippen molar-refractivity contribution in [2.75, 3.05) is 20.1 Å². The molecule has 16 heavy (non-hydrogen) atoms. The van der Waals surface area contributed by atoms with E-state index in [1.165, 1.54) is 6.42 Å². The highest BCUT2D eigenvalue weighted by atomic mass is 16.6. The molecule has 3 nitrogen and oxygen atoms in total. The van der Waals surface area contributed by atoms with E-state index < -0.39 is 0 Å². The van der Waals surface area contributed by atoms with Crippen LogP contribution >= 0.6 is 0 Å². The van der Waals surface area contributed by atoms with Gasteiger partial charge in [0, 0.05) is 13.1 Å². The molecule has 1 aliphatic carbocycles. The maximum Gasteiger partial charge on any atom is 0.307 e. The normalized spacial score (nSPS) is 24.6. The maximum absolute atomic E-state index is 11.5. The molecule has 0 bridgehead atoms. The Morgan fingerprint density at radius 3 is 2.44 bits per heavy atom. The minimum absolute atomic E-state index is 0.0943. The van der Waals surface area contributed by atoms with Gasteiger partial charge in [-0.2, -0.15) is 0 Å². The average molecular weight is 227 g/mol. The minimum atomic E-state index is -0.360. The van der Waals surface area contributed by atoms with Crippen molar-refractivity contribution in [1.82, 2.24) is 4.90 Å². The predicted octanol–water partition coefficient (Wildman–Crippen LogP) is 2.31. The third kappa shape index (κ3) is 5.50. The molecule has 2 atom stereocenters. The maximum atomic E-state index is 11.5. The molecular formula is C13H25NO2. The standard InChI is InChI=1S/C13H25NO2/c1-10-8-11(10)9-14(5)7-6-12(15)16-13(2,3)4/h10-11H,6-9H2,1-5H3. The molecule has 0 aromatic rings. The van der Waals surface area contributed by atoms with E-state index in [4.69, 9.17) is 4.74 Å². The van der Waals surface area contributed by atoms with Gasteiger partial charge >= 0.3 is 5.97 Å². The van der Waals surface area contributed by atoms with E-state index in [-0.39, 0.29) is 11.6 Å². The highest BCUT2D eigenvalue weighted by molar-refractivity contribution is 5.70. The highest BCUT2D eigenvalue weighted by Gasteiger charge is 2.33. The largest absolute Gasteiger partial charge is 0.460 e. The average Bonchev–Trinajstić information content (AvgIpc) is 2.75. The molecule has 0 N–H and O–H groups in total. The van der Waals surface area contributed by atoms with Crippen LogP contribution < -0.4 is 0 Å². The van der Waals surface area contributed by atoms with E-state index in [0.29, 0.717) is 6.42 Å². The van der Waals surface area contributed by atoms with E-state index in [1.807, 2.05) is 20.8 Å². The van der Waals surface area contributed by atoms with Crippen molar-refractivity contribution in [3.8, 4) is 0 Å². The van der Waals surface area contributed by atoms with Gasteiger partial charge in [-0.3, -0.25) is 4.79 Å². The number of hydrogen-bond acceptors (Lipinski definition) is 3. The molecule has 0 amide bonds. The number of carbonyl (C=O) groups is 1. The van der Waals surface area contributed by atoms with E-state index >= 15 is 0 Å². The van der Waals surface area contributed by atoms with Crippen LogP contribution in [-0.2, 0) is 9.53 Å². The Hall–Kier alpha value is -0.570. The molecule has 1 aliphatic rings. The third-order valence-electron chi connectivity index (χ3n) is 2.94. The van der Waals surface area contributed by atoms with Gasteiger partial charge in [-0.15, -0.1) is 0 Å². The molecule has 1 rings (SSSR count). The van der Waals surface area contributed by atoms with Crippen molar-refractivity contribution in [1.29, 1.82) is 0 Å². The van der Waals surface area contributed by atoms with Crippen LogP contribution in [0.1, 0.15) is 40.5 Å². The summed E-state index contributed by atoms with van der Waals surface area (Å²) in [5.74, 6) is 1.64. The summed E-state index contributed by atoms with van der Waals surface area (Å²) in [5, 5.41) is 0. The summed E-state index contributed by atoms with van der Waals surface area (Å²) in [5.41, 5.74) is -0.360. The van der Waals surface area contributed by atoms with Gasteiger partial charge in [0.1, 0.15) is 5.60 Å². The van der Waals surface area contributed by atoms with E-state index in [1.54, 1.807) is 0 Å². The van der Waals surface area contributed by atoms with Crippen LogP contribution in [0.15, 0.2) is 0 Å². The fraction of sp³-hybridized carbons (Fsp3) is 0.923. The monoisotopic (exact) mass is 227 g/mol. The van der Waals surface area contributed by atoms with Crippen molar-refractivity contribution in [3.63, 3.8) is 0 Å². The van der Waals surface area contributed by atoms with E-state index in [9.17, 15) is 4.79 Å². The summed E-state index contributed by atoms with van der Waals surface area (Å²) in [6.07, 6.45) is 1.84. The molecule has 0 aromatic carbocycles. The Kier molecular flexibility index (Phi) is 4.36. The second-order valence-corrected chi connectivity index (χ2v) is 6.07. The number of nitrogens with zero attached hydrogens (tertiary/aromatic N) is 1. The SMILES string of the molecule is CC1CC1CN(C)CCC(=O)OC(C)(C)C. The fourth-order valence-corrected chi connectivity index (χ4v) is 1.82. The van der Waals surface area contributed by atoms with Gasteiger partial charge in [0.15, 0.2) is 0 Å². The summed E-state index contributed by atoms with van der Waals surface area (Å²) in [6, 6.07) is 0. The van der Waals surface area contributed by atoms with Gasteiger partial charge in [-0.25, -0.2) is 0 Å². The Bertz CT molecular complexity index is 245. The summed E-state index contributed by atoms with van der Waals surface area (Å²) in [4.78, 5) is 13.7. The molecule has 0 radical (unpaired) electrons. The molecule has 94 valence electrons. The number of hydrogen-bond donors (Lipinski definition) is 0. The first kappa shape index (κ1) is 13.5. The Morgan fingerprint density at radius 2 is 2.00 bits per heavy atom. The van der Waals surface area contributed by atoms with Gasteiger partial charge in [0.05, 0.1) is 6.42 Å². The van der Waals surface area contributed by atoms with Crippen molar-refractivity contribution >= 4 is 5.97 Å². The van der Waals surface area contributed by atoms with Crippen molar-refractivity contribution in [2.24, 2.45) is 11.8 Å². The van der Waals surface area contributed by atoms with Crippen molar-refractivity contribution < 1.29 is 9.53 Å². The molecule has 1 fully saturated rings. The lowest BCUT2D eigenvalue weighted by Crippen LogP contribution is -2.28. The molecule has 0 saturated heterocycles. The molecule has 3 heteroatoms. The lowest BCUT2D eigenvalue weighted by molar-refractivity contribution is -0.155. The first-order chi connectivity index (χ1) is 7.28. The van der Waals surface area contributed by atoms with Crippen LogP contribution in [-0.4, -0.2) is 36.6 Å². The molecule has 1 saturated carbocycles. The molecule has 0 aromatic heterocycles. The smallest absolute Gasteiger partial charge is 0.307 e. The van der Waals surface area contributed by atoms with Crippen LogP contribution in [0.4, 0.5) is 0 Å². The second kappa shape index (κ2) is 5.17. The molecule has 2 unspecified atom stereocenters. The van der Waals surface area contributed by atoms with Crippen LogP contribution in [0.25, 0.3) is 0 Å². The van der Waals surface area contributed by atoms with Crippen molar-refractivity contribution in [3.05, 3.63) is 0 Å². The molecule has 0 heterocycles. The summed E-state index contributed by atoms with van der Waals surface area (Å²) < 4.78 is 5.26. The van der Waals surface area contributed by atoms with Crippen LogP contribution in [0, 0.1) is 11.8 Å². The number of ether oxygens (including phenoxy) is 1. The topological polar surface area (TPSA) is 29.5 Å². The van der Waals surface area contributed by atoms with Crippen LogP contribution in [0.3, 0.4) is 0 Å². The zero-order valence-electron chi connectivity index (χ0n) is 11.2. The van der Waals surface area contributed by atoms with Gasteiger partial charge in [-0.1, -0.05) is 6.92 Å². The van der Waals surface area contributed by atoms with Gasteiger partial charge in [-0.05, 0) is 46.1 Å². The summed E-state index contributed by atoms with van der Waals surface area (Å²) in [7, 11) is 2.08. The zero-order chi connectivity index (χ0) is 12.3. The fourth-order valence-electron chi connectivity index (χ4n) is 1.82. The first-order valence-corrected chi connectivity index (χ1v) is 6.18. The number of carbonyl (C=O) groups excluding carboxylic acids is 1. The summed E-state index contributed by atoms with van der Waals surface area (Å²) >= 11 is 0. The quantitative estimate of drug-likeness (QED) is 0.675. The van der Waals surface area contributed by atoms with E-state index in [0.717, 1.165) is 24.9 Å². The molecular weight excluding hydrogens is 202 g/mol. The third-order valence-corrected chi connectivity index (χ3v) is 2.94. The molecule has 0 spiro atoms. The lowest BCUT2D eigenvalue weighted by atomic mass is 10.2. The van der Waals surface area contributed by atoms with Gasteiger partial charge in [0.25, 0.3) is 0 Å². The second-order valence-electron chi connectivity index (χ2n) is 6.07. The highest BCUT2D eigenvalue weighted by Crippen LogP contribution is 2.37. The van der Waals surface area contributed by atoms with Crippen molar-refractivity contribution in [2.45, 2.75) is 46.1 Å². The van der Waals surface area contributed by atoms with E-state index in [2.05, 4.69) is 18.9 Å². The van der Waals surface area contributed by atoms with Gasteiger partial charge < -0.3 is 9.64 Å². The summed E-state index contributed by atoms with van der Waals surface area (Å²) in [6.45, 7) is 9.91. The predicted molar refractivity (Wildman–Crippen MR) is 65.2 cm³/mol. The van der Waals surface area contributed by atoms with Crippen LogP contribution in [0.5, 0.6) is 0 Å². The number of esters is 1. The molecule has 0 aliphatic heterocycles. The Morgan fingerprint density at radius 1 is 1.44 bits per heavy atom. The van der Waals surface area contributed by atoms with Crippen LogP contribution in [0.2, 0.25) is 0 Å². The minimum Gasteiger partial charge on any atom is -0.460 e. The lowest BCUT2D eigenvalue weighted by Gasteiger charge is -2.21. The zero-order valence-corrected chi connectivity index (χ0v) is 11.2. The Balaban J connectivity index is 2.11. The Labute approximate surface area is 99.1 Å². The number of rotatable bonds is 5. The van der Waals surface area contributed by atoms with Gasteiger partial charge in [0.2, 0.25) is 0 Å². The first-order valence-electron chi connectivity index (χ1n) is 6.18.